The molecule has 9 heteroatoms. The molecule has 0 unspecified atom stereocenters. The predicted molar refractivity (Wildman–Crippen MR) is 94.6 cm³/mol. The molecule has 0 spiro atoms. The number of hydrogen-bond acceptors (Lipinski definition) is 5. The Morgan fingerprint density at radius 2 is 1.83 bits per heavy atom. The summed E-state index contributed by atoms with van der Waals surface area (Å²) in [5.74, 6) is 0. The zero-order valence-electron chi connectivity index (χ0n) is 13.2. The molecule has 1 aromatic carbocycles. The maximum atomic E-state index is 12.3. The van der Waals surface area contributed by atoms with Crippen LogP contribution in [-0.2, 0) is 10.0 Å². The number of urea groups is 1. The molecule has 1 aromatic heterocycles. The van der Waals surface area contributed by atoms with Gasteiger partial charge in [0.1, 0.15) is 0 Å². The summed E-state index contributed by atoms with van der Waals surface area (Å²) in [6.07, 6.45) is 1.18. The van der Waals surface area contributed by atoms with Gasteiger partial charge in [0.05, 0.1) is 11.9 Å². The van der Waals surface area contributed by atoms with Crippen LogP contribution >= 0.6 is 11.3 Å². The fourth-order valence-corrected chi connectivity index (χ4v) is 4.00. The van der Waals surface area contributed by atoms with Crippen molar-refractivity contribution >= 4 is 32.5 Å². The van der Waals surface area contributed by atoms with Crippen LogP contribution in [0, 0.1) is 0 Å². The fraction of sp³-hybridized carbons (Fsp3) is 0.333. The third-order valence-corrected chi connectivity index (χ3v) is 5.84. The maximum absolute atomic E-state index is 12.3. The van der Waals surface area contributed by atoms with Gasteiger partial charge in [-0.3, -0.25) is 5.32 Å². The van der Waals surface area contributed by atoms with E-state index in [9.17, 15) is 13.2 Å². The number of amides is 2. The number of benzene rings is 1. The molecule has 1 saturated heterocycles. The molecule has 0 bridgehead atoms. The summed E-state index contributed by atoms with van der Waals surface area (Å²) >= 11 is 1.37. The summed E-state index contributed by atoms with van der Waals surface area (Å²) in [5.41, 5.74) is 1.81. The quantitative estimate of drug-likeness (QED) is 0.900. The molecule has 2 heterocycles. The summed E-state index contributed by atoms with van der Waals surface area (Å²) in [6.45, 7) is 1.38. The Bertz CT molecular complexity index is 812. The van der Waals surface area contributed by atoms with Gasteiger partial charge in [-0.1, -0.05) is 30.3 Å². The minimum Gasteiger partial charge on any atom is -0.322 e. The van der Waals surface area contributed by atoms with Gasteiger partial charge >= 0.3 is 6.03 Å². The lowest BCUT2D eigenvalue weighted by Crippen LogP contribution is -2.51. The Morgan fingerprint density at radius 3 is 2.46 bits per heavy atom. The Morgan fingerprint density at radius 1 is 1.17 bits per heavy atom. The first-order valence-corrected chi connectivity index (χ1v) is 10.2. The molecule has 2 amide bonds. The standard InChI is InChI=1S/C15H18N4O3S2/c1-24(21,22)19-9-7-18(8-10-19)15(20)17-14-16-13(11-23-14)12-5-3-2-4-6-12/h2-6,11H,7-10H2,1H3,(H,16,17,20). The van der Waals surface area contributed by atoms with Gasteiger partial charge in [0.25, 0.3) is 0 Å². The van der Waals surface area contributed by atoms with Crippen LogP contribution in [0.4, 0.5) is 9.93 Å². The summed E-state index contributed by atoms with van der Waals surface area (Å²) in [7, 11) is -3.20. The van der Waals surface area contributed by atoms with E-state index in [2.05, 4.69) is 10.3 Å². The van der Waals surface area contributed by atoms with Crippen molar-refractivity contribution in [1.82, 2.24) is 14.2 Å². The third kappa shape index (κ3) is 3.92. The second kappa shape index (κ2) is 6.88. The number of piperazine rings is 1. The van der Waals surface area contributed by atoms with Crippen molar-refractivity contribution in [3.05, 3.63) is 35.7 Å². The zero-order chi connectivity index (χ0) is 17.2. The molecule has 0 radical (unpaired) electrons. The van der Waals surface area contributed by atoms with E-state index in [1.807, 2.05) is 35.7 Å². The van der Waals surface area contributed by atoms with Crippen LogP contribution in [0.15, 0.2) is 35.7 Å². The first-order valence-electron chi connectivity index (χ1n) is 7.45. The average molecular weight is 366 g/mol. The van der Waals surface area contributed by atoms with Gasteiger partial charge in [-0.05, 0) is 0 Å². The van der Waals surface area contributed by atoms with Gasteiger partial charge in [0.15, 0.2) is 5.13 Å². The van der Waals surface area contributed by atoms with E-state index in [0.717, 1.165) is 11.3 Å². The largest absolute Gasteiger partial charge is 0.323 e. The molecule has 1 N–H and O–H groups in total. The van der Waals surface area contributed by atoms with E-state index in [-0.39, 0.29) is 6.03 Å². The van der Waals surface area contributed by atoms with Crippen molar-refractivity contribution in [2.24, 2.45) is 0 Å². The zero-order valence-corrected chi connectivity index (χ0v) is 14.8. The highest BCUT2D eigenvalue weighted by molar-refractivity contribution is 7.88. The lowest BCUT2D eigenvalue weighted by molar-refractivity contribution is 0.184. The number of thiazole rings is 1. The Balaban J connectivity index is 1.59. The van der Waals surface area contributed by atoms with E-state index in [1.54, 1.807) is 4.90 Å². The van der Waals surface area contributed by atoms with E-state index >= 15 is 0 Å². The lowest BCUT2D eigenvalue weighted by Gasteiger charge is -2.32. The van der Waals surface area contributed by atoms with Gasteiger partial charge in [0, 0.05) is 37.1 Å². The lowest BCUT2D eigenvalue weighted by atomic mass is 10.2. The highest BCUT2D eigenvalue weighted by Gasteiger charge is 2.26. The number of anilines is 1. The molecule has 0 saturated carbocycles. The van der Waals surface area contributed by atoms with Gasteiger partial charge in [-0.15, -0.1) is 11.3 Å². The van der Waals surface area contributed by atoms with Crippen LogP contribution in [0.5, 0.6) is 0 Å². The number of carbonyl (C=O) groups excluding carboxylic acids is 1. The minimum atomic E-state index is -3.20. The van der Waals surface area contributed by atoms with Crippen molar-refractivity contribution < 1.29 is 13.2 Å². The second-order valence-corrected chi connectivity index (χ2v) is 8.32. The molecule has 3 rings (SSSR count). The van der Waals surface area contributed by atoms with Crippen molar-refractivity contribution in [2.45, 2.75) is 0 Å². The second-order valence-electron chi connectivity index (χ2n) is 5.48. The molecule has 1 aliphatic heterocycles. The molecule has 1 fully saturated rings. The van der Waals surface area contributed by atoms with E-state index in [0.29, 0.717) is 31.3 Å². The van der Waals surface area contributed by atoms with Gasteiger partial charge < -0.3 is 4.90 Å². The van der Waals surface area contributed by atoms with E-state index < -0.39 is 10.0 Å². The Hall–Kier alpha value is -1.97. The Kier molecular flexibility index (Phi) is 4.83. The smallest absolute Gasteiger partial charge is 0.322 e. The summed E-state index contributed by atoms with van der Waals surface area (Å²) < 4.78 is 24.4. The summed E-state index contributed by atoms with van der Waals surface area (Å²) in [6, 6.07) is 9.49. The highest BCUT2D eigenvalue weighted by Crippen LogP contribution is 2.24. The number of rotatable bonds is 3. The number of nitrogens with zero attached hydrogens (tertiary/aromatic N) is 3. The molecule has 0 aliphatic carbocycles. The highest BCUT2D eigenvalue weighted by atomic mass is 32.2. The maximum Gasteiger partial charge on any atom is 0.323 e. The SMILES string of the molecule is CS(=O)(=O)N1CCN(C(=O)Nc2nc(-c3ccccc3)cs2)CC1. The molecule has 2 aromatic rings. The van der Waals surface area contributed by atoms with Gasteiger partial charge in [0.2, 0.25) is 10.0 Å². The van der Waals surface area contributed by atoms with Gasteiger partial charge in [-0.25, -0.2) is 18.2 Å². The molecule has 0 atom stereocenters. The molecule has 24 heavy (non-hydrogen) atoms. The number of carbonyl (C=O) groups is 1. The molecular formula is C15H18N4O3S2. The average Bonchev–Trinajstić information content (AvgIpc) is 3.03. The minimum absolute atomic E-state index is 0.253. The van der Waals surface area contributed by atoms with Crippen LogP contribution in [-0.4, -0.2) is 61.1 Å². The van der Waals surface area contributed by atoms with E-state index in [1.165, 1.54) is 21.9 Å². The van der Waals surface area contributed by atoms with Crippen molar-refractivity contribution in [2.75, 3.05) is 37.8 Å². The molecule has 1 aliphatic rings. The van der Waals surface area contributed by atoms with Crippen LogP contribution in [0.3, 0.4) is 0 Å². The van der Waals surface area contributed by atoms with Crippen LogP contribution in [0.25, 0.3) is 11.3 Å². The van der Waals surface area contributed by atoms with Crippen LogP contribution < -0.4 is 5.32 Å². The molecular weight excluding hydrogens is 348 g/mol. The molecule has 128 valence electrons. The van der Waals surface area contributed by atoms with E-state index in [4.69, 9.17) is 0 Å². The van der Waals surface area contributed by atoms with Crippen molar-refractivity contribution in [3.63, 3.8) is 0 Å². The number of sulfonamides is 1. The normalized spacial score (nSPS) is 16.1. The predicted octanol–water partition coefficient (Wildman–Crippen LogP) is 1.92. The topological polar surface area (TPSA) is 82.6 Å². The number of nitrogens with one attached hydrogen (secondary N) is 1. The number of aromatic nitrogens is 1. The molecule has 7 nitrogen and oxygen atoms in total. The van der Waals surface area contributed by atoms with Gasteiger partial charge in [-0.2, -0.15) is 4.31 Å². The first-order chi connectivity index (χ1) is 11.4. The fourth-order valence-electron chi connectivity index (χ4n) is 2.47. The third-order valence-electron chi connectivity index (χ3n) is 3.78. The van der Waals surface area contributed by atoms with Crippen molar-refractivity contribution in [1.29, 1.82) is 0 Å². The summed E-state index contributed by atoms with van der Waals surface area (Å²) in [5, 5.41) is 5.21. The Labute approximate surface area is 145 Å². The van der Waals surface area contributed by atoms with Crippen molar-refractivity contribution in [3.8, 4) is 11.3 Å². The first kappa shape index (κ1) is 16.9. The summed E-state index contributed by atoms with van der Waals surface area (Å²) in [4.78, 5) is 18.3. The number of hydrogen-bond donors (Lipinski definition) is 1. The van der Waals surface area contributed by atoms with Crippen LogP contribution in [0.2, 0.25) is 0 Å². The monoisotopic (exact) mass is 366 g/mol. The van der Waals surface area contributed by atoms with Crippen LogP contribution in [0.1, 0.15) is 0 Å².